The van der Waals surface area contributed by atoms with Gasteiger partial charge in [-0.2, -0.15) is 0 Å². The first-order valence-corrected chi connectivity index (χ1v) is 6.95. The summed E-state index contributed by atoms with van der Waals surface area (Å²) in [6.07, 6.45) is 0.938. The molecule has 0 amide bonds. The van der Waals surface area contributed by atoms with E-state index in [4.69, 9.17) is 0 Å². The van der Waals surface area contributed by atoms with Gasteiger partial charge >= 0.3 is 0 Å². The van der Waals surface area contributed by atoms with E-state index in [2.05, 4.69) is 16.9 Å². The van der Waals surface area contributed by atoms with E-state index in [1.54, 1.807) is 0 Å². The highest BCUT2D eigenvalue weighted by molar-refractivity contribution is 7.16. The Morgan fingerprint density at radius 2 is 2.00 bits per heavy atom. The summed E-state index contributed by atoms with van der Waals surface area (Å²) in [7, 11) is -0.327. The summed E-state index contributed by atoms with van der Waals surface area (Å²) in [5.74, 6) is 1.73. The van der Waals surface area contributed by atoms with Crippen LogP contribution in [0.5, 0.6) is 0 Å². The maximum Gasteiger partial charge on any atom is 0.266 e. The largest absolute Gasteiger partial charge is 0.325 e. The van der Waals surface area contributed by atoms with Crippen LogP contribution in [-0.4, -0.2) is 51.6 Å². The fourth-order valence-corrected chi connectivity index (χ4v) is 3.51. The molecule has 5 heteroatoms. The van der Waals surface area contributed by atoms with Crippen molar-refractivity contribution in [1.29, 1.82) is 0 Å². The first-order chi connectivity index (χ1) is 6.22. The Hall–Kier alpha value is -0.523. The van der Waals surface area contributed by atoms with Crippen LogP contribution in [0.15, 0.2) is 0 Å². The molecule has 4 nitrogen and oxygen atoms in total. The summed E-state index contributed by atoms with van der Waals surface area (Å²) in [5.41, 5.74) is 0. The minimum Gasteiger partial charge on any atom is -0.325 e. The number of nitrogens with zero attached hydrogens (tertiary/aromatic N) is 1. The molecule has 0 spiro atoms. The lowest BCUT2D eigenvalue weighted by molar-refractivity contribution is 0.333. The molecule has 0 saturated carbocycles. The van der Waals surface area contributed by atoms with Crippen LogP contribution in [0.1, 0.15) is 6.42 Å². The van der Waals surface area contributed by atoms with Crippen LogP contribution in [0.4, 0.5) is 0 Å². The summed E-state index contributed by atoms with van der Waals surface area (Å²) in [5, 5.41) is 0. The molecule has 1 heterocycles. The second-order valence-corrected chi connectivity index (χ2v) is 7.02. The van der Waals surface area contributed by atoms with Gasteiger partial charge in [-0.05, 0) is 26.1 Å². The van der Waals surface area contributed by atoms with Crippen LogP contribution < -0.4 is 4.98 Å². The number of hydrogen-bond donors (Lipinski definition) is 1. The summed E-state index contributed by atoms with van der Waals surface area (Å²) >= 11 is 0. The predicted molar refractivity (Wildman–Crippen MR) is 54.2 cm³/mol. The van der Waals surface area contributed by atoms with Gasteiger partial charge in [0, 0.05) is 13.1 Å². The van der Waals surface area contributed by atoms with Gasteiger partial charge in [0.2, 0.25) is 0 Å². The zero-order valence-electron chi connectivity index (χ0n) is 7.95. The van der Waals surface area contributed by atoms with Crippen LogP contribution in [0.3, 0.4) is 0 Å². The SMILES string of the molecule is CN1CCC[Si](C=O)(C=O)NCC1. The number of carbonyl (C=O) groups is 2. The average Bonchev–Trinajstić information content (AvgIpc) is 2.12. The predicted octanol–water partition coefficient (Wildman–Crippen LogP) is -0.599. The number of likely N-dealkylation sites (N-methyl/N-ethyl adjacent to an activating group) is 1. The average molecular weight is 200 g/mol. The summed E-state index contributed by atoms with van der Waals surface area (Å²) in [4.78, 5) is 27.0. The van der Waals surface area contributed by atoms with Crippen molar-refractivity contribution >= 4 is 20.1 Å². The van der Waals surface area contributed by atoms with Crippen molar-refractivity contribution in [1.82, 2.24) is 9.88 Å². The molecule has 0 radical (unpaired) electrons. The molecule has 0 aliphatic carbocycles. The first kappa shape index (κ1) is 10.6. The fourth-order valence-electron chi connectivity index (χ4n) is 1.55. The number of carbonyl (C=O) groups excluding carboxylic acids is 2. The minimum atomic E-state index is -2.38. The second kappa shape index (κ2) is 4.64. The van der Waals surface area contributed by atoms with Crippen LogP contribution in [0.2, 0.25) is 6.04 Å². The van der Waals surface area contributed by atoms with Gasteiger partial charge in [-0.1, -0.05) is 0 Å². The van der Waals surface area contributed by atoms with E-state index in [1.165, 1.54) is 0 Å². The van der Waals surface area contributed by atoms with Crippen molar-refractivity contribution in [3.63, 3.8) is 0 Å². The van der Waals surface area contributed by atoms with Gasteiger partial charge in [-0.15, -0.1) is 0 Å². The third-order valence-electron chi connectivity index (χ3n) is 2.50. The lowest BCUT2D eigenvalue weighted by Crippen LogP contribution is -2.57. The molecule has 0 bridgehead atoms. The lowest BCUT2D eigenvalue weighted by Gasteiger charge is -2.27. The van der Waals surface area contributed by atoms with Gasteiger partial charge in [0.05, 0.1) is 0 Å². The van der Waals surface area contributed by atoms with Crippen LogP contribution in [-0.2, 0) is 9.59 Å². The summed E-state index contributed by atoms with van der Waals surface area (Å²) < 4.78 is 0. The Kier molecular flexibility index (Phi) is 3.77. The van der Waals surface area contributed by atoms with Crippen LogP contribution >= 0.6 is 0 Å². The minimum absolute atomic E-state index is 0.740. The monoisotopic (exact) mass is 200 g/mol. The molecule has 0 aromatic carbocycles. The van der Waals surface area contributed by atoms with Crippen molar-refractivity contribution in [3.8, 4) is 0 Å². The van der Waals surface area contributed by atoms with Crippen LogP contribution in [0, 0.1) is 0 Å². The molecular formula is C8H16N2O2Si. The van der Waals surface area contributed by atoms with Crippen molar-refractivity contribution in [2.75, 3.05) is 26.7 Å². The standard InChI is InChI=1S/C8H16N2O2Si/c1-10-4-2-6-13(7-11,8-12)9-3-5-10/h7-9H,2-6H2,1H3. The molecule has 0 atom stereocenters. The lowest BCUT2D eigenvalue weighted by atomic mass is 10.4. The molecule has 0 unspecified atom stereocenters. The Morgan fingerprint density at radius 3 is 2.62 bits per heavy atom. The highest BCUT2D eigenvalue weighted by Crippen LogP contribution is 2.07. The van der Waals surface area contributed by atoms with Crippen molar-refractivity contribution in [2.45, 2.75) is 12.5 Å². The van der Waals surface area contributed by atoms with Crippen molar-refractivity contribution in [2.24, 2.45) is 0 Å². The first-order valence-electron chi connectivity index (χ1n) is 4.59. The van der Waals surface area contributed by atoms with E-state index >= 15 is 0 Å². The second-order valence-electron chi connectivity index (χ2n) is 3.61. The van der Waals surface area contributed by atoms with Crippen LogP contribution in [0.25, 0.3) is 0 Å². The van der Waals surface area contributed by atoms with E-state index in [9.17, 15) is 9.59 Å². The molecule has 0 aromatic heterocycles. The highest BCUT2D eigenvalue weighted by atomic mass is 28.3. The summed E-state index contributed by atoms with van der Waals surface area (Å²) in [6, 6.07) is 0.740. The fraction of sp³-hybridized carbons (Fsp3) is 0.750. The van der Waals surface area contributed by atoms with Crippen molar-refractivity contribution in [3.05, 3.63) is 0 Å². The van der Waals surface area contributed by atoms with E-state index < -0.39 is 8.24 Å². The van der Waals surface area contributed by atoms with Crippen molar-refractivity contribution < 1.29 is 9.59 Å². The van der Waals surface area contributed by atoms with Gasteiger partial charge in [-0.3, -0.25) is 0 Å². The van der Waals surface area contributed by atoms with E-state index in [-0.39, 0.29) is 0 Å². The number of nitrogens with one attached hydrogen (secondary N) is 1. The number of hydrogen-bond acceptors (Lipinski definition) is 4. The number of rotatable bonds is 2. The Bertz CT molecular complexity index is 179. The van der Waals surface area contributed by atoms with E-state index in [0.717, 1.165) is 43.9 Å². The zero-order chi connectivity index (χ0) is 9.73. The van der Waals surface area contributed by atoms with E-state index in [1.807, 2.05) is 0 Å². The zero-order valence-corrected chi connectivity index (χ0v) is 8.95. The van der Waals surface area contributed by atoms with E-state index in [0.29, 0.717) is 0 Å². The van der Waals surface area contributed by atoms with Gasteiger partial charge in [0.25, 0.3) is 8.24 Å². The Balaban J connectivity index is 2.57. The maximum atomic E-state index is 10.8. The Labute approximate surface area is 79.4 Å². The molecule has 74 valence electrons. The summed E-state index contributed by atoms with van der Waals surface area (Å²) in [6.45, 7) is 2.65. The Morgan fingerprint density at radius 1 is 1.31 bits per heavy atom. The molecular weight excluding hydrogens is 184 g/mol. The quantitative estimate of drug-likeness (QED) is 0.478. The molecule has 1 rings (SSSR count). The van der Waals surface area contributed by atoms with Gasteiger partial charge < -0.3 is 19.5 Å². The molecule has 1 aliphatic heterocycles. The molecule has 1 N–H and O–H groups in total. The van der Waals surface area contributed by atoms with Gasteiger partial charge in [0.15, 0.2) is 0 Å². The third-order valence-corrected chi connectivity index (χ3v) is 5.43. The molecule has 1 fully saturated rings. The molecule has 0 aromatic rings. The normalized spacial score (nSPS) is 24.4. The molecule has 1 saturated heterocycles. The topological polar surface area (TPSA) is 49.4 Å². The third kappa shape index (κ3) is 2.72. The highest BCUT2D eigenvalue weighted by Gasteiger charge is 2.33. The van der Waals surface area contributed by atoms with Gasteiger partial charge in [-0.25, -0.2) is 0 Å². The smallest absolute Gasteiger partial charge is 0.266 e. The van der Waals surface area contributed by atoms with Gasteiger partial charge in [0.1, 0.15) is 11.8 Å². The maximum absolute atomic E-state index is 10.8. The molecule has 1 aliphatic rings. The molecule has 13 heavy (non-hydrogen) atoms.